The van der Waals surface area contributed by atoms with Gasteiger partial charge >= 0.3 is 0 Å². The first kappa shape index (κ1) is 11.5. The SMILES string of the molecule is Cc1cc(O)cc(C)c1CC1CCNCC1. The number of nitrogens with one attached hydrogen (secondary N) is 1. The molecule has 1 fully saturated rings. The second kappa shape index (κ2) is 4.88. The van der Waals surface area contributed by atoms with Crippen LogP contribution in [0.15, 0.2) is 12.1 Å². The molecule has 0 spiro atoms. The van der Waals surface area contributed by atoms with Crippen LogP contribution >= 0.6 is 0 Å². The summed E-state index contributed by atoms with van der Waals surface area (Å²) in [7, 11) is 0. The lowest BCUT2D eigenvalue weighted by Crippen LogP contribution is -2.28. The van der Waals surface area contributed by atoms with E-state index >= 15 is 0 Å². The Morgan fingerprint density at radius 2 is 1.75 bits per heavy atom. The van der Waals surface area contributed by atoms with E-state index in [1.807, 2.05) is 12.1 Å². The summed E-state index contributed by atoms with van der Waals surface area (Å²) in [5.41, 5.74) is 3.90. The Bertz CT molecular complexity index is 344. The van der Waals surface area contributed by atoms with Crippen LogP contribution in [-0.4, -0.2) is 18.2 Å². The third kappa shape index (κ3) is 2.56. The Hall–Kier alpha value is -1.02. The summed E-state index contributed by atoms with van der Waals surface area (Å²) in [5.74, 6) is 1.20. The summed E-state index contributed by atoms with van der Waals surface area (Å²) in [4.78, 5) is 0. The van der Waals surface area contributed by atoms with E-state index in [0.29, 0.717) is 5.75 Å². The molecule has 1 aromatic rings. The lowest BCUT2D eigenvalue weighted by molar-refractivity contribution is 0.371. The maximum atomic E-state index is 9.51. The van der Waals surface area contributed by atoms with E-state index in [1.54, 1.807) is 0 Å². The number of rotatable bonds is 2. The van der Waals surface area contributed by atoms with Gasteiger partial charge in [-0.1, -0.05) is 0 Å². The predicted molar refractivity (Wildman–Crippen MR) is 66.9 cm³/mol. The fraction of sp³-hybridized carbons (Fsp3) is 0.571. The molecule has 0 aromatic heterocycles. The maximum Gasteiger partial charge on any atom is 0.116 e. The normalized spacial score (nSPS) is 17.6. The van der Waals surface area contributed by atoms with Gasteiger partial charge in [-0.2, -0.15) is 0 Å². The zero-order valence-electron chi connectivity index (χ0n) is 10.2. The van der Waals surface area contributed by atoms with Gasteiger partial charge in [0.05, 0.1) is 0 Å². The van der Waals surface area contributed by atoms with Gasteiger partial charge in [0.25, 0.3) is 0 Å². The second-order valence-corrected chi connectivity index (χ2v) is 4.96. The summed E-state index contributed by atoms with van der Waals surface area (Å²) < 4.78 is 0. The molecule has 1 heterocycles. The molecule has 1 aromatic carbocycles. The van der Waals surface area contributed by atoms with E-state index < -0.39 is 0 Å². The van der Waals surface area contributed by atoms with Gasteiger partial charge < -0.3 is 10.4 Å². The highest BCUT2D eigenvalue weighted by atomic mass is 16.3. The van der Waals surface area contributed by atoms with Crippen LogP contribution < -0.4 is 5.32 Å². The molecule has 0 saturated carbocycles. The van der Waals surface area contributed by atoms with Gasteiger partial charge in [-0.05, 0) is 80.9 Å². The van der Waals surface area contributed by atoms with E-state index in [9.17, 15) is 5.11 Å². The van der Waals surface area contributed by atoms with Crippen LogP contribution in [0.3, 0.4) is 0 Å². The van der Waals surface area contributed by atoms with Crippen molar-refractivity contribution in [3.05, 3.63) is 28.8 Å². The van der Waals surface area contributed by atoms with Crippen molar-refractivity contribution in [3.8, 4) is 5.75 Å². The van der Waals surface area contributed by atoms with Crippen LogP contribution in [0.25, 0.3) is 0 Å². The average molecular weight is 219 g/mol. The molecule has 0 bridgehead atoms. The molecule has 2 heteroatoms. The van der Waals surface area contributed by atoms with Crippen molar-refractivity contribution >= 4 is 0 Å². The third-order valence-electron chi connectivity index (χ3n) is 3.63. The van der Waals surface area contributed by atoms with Crippen LogP contribution in [0, 0.1) is 19.8 Å². The van der Waals surface area contributed by atoms with Gasteiger partial charge in [-0.15, -0.1) is 0 Å². The number of aryl methyl sites for hydroxylation is 2. The van der Waals surface area contributed by atoms with E-state index in [4.69, 9.17) is 0 Å². The minimum Gasteiger partial charge on any atom is -0.508 e. The van der Waals surface area contributed by atoms with E-state index in [-0.39, 0.29) is 0 Å². The molecule has 0 amide bonds. The Kier molecular flexibility index (Phi) is 3.49. The molecule has 88 valence electrons. The van der Waals surface area contributed by atoms with Crippen molar-refractivity contribution in [3.63, 3.8) is 0 Å². The molecule has 0 aliphatic carbocycles. The smallest absolute Gasteiger partial charge is 0.116 e. The molecule has 0 unspecified atom stereocenters. The van der Waals surface area contributed by atoms with Crippen molar-refractivity contribution in [1.82, 2.24) is 5.32 Å². The summed E-state index contributed by atoms with van der Waals surface area (Å²) in [6.07, 6.45) is 3.72. The molecule has 2 rings (SSSR count). The predicted octanol–water partition coefficient (Wildman–Crippen LogP) is 2.55. The van der Waals surface area contributed by atoms with Crippen LogP contribution in [0.1, 0.15) is 29.5 Å². The Labute approximate surface area is 97.7 Å². The van der Waals surface area contributed by atoms with Gasteiger partial charge in [-0.25, -0.2) is 0 Å². The van der Waals surface area contributed by atoms with E-state index in [2.05, 4.69) is 19.2 Å². The molecular formula is C14H21NO. The molecule has 1 aliphatic heterocycles. The Balaban J connectivity index is 2.14. The highest BCUT2D eigenvalue weighted by Gasteiger charge is 2.16. The van der Waals surface area contributed by atoms with Crippen LogP contribution in [0.2, 0.25) is 0 Å². The summed E-state index contributed by atoms with van der Waals surface area (Å²) in [6, 6.07) is 3.76. The van der Waals surface area contributed by atoms with Crippen molar-refractivity contribution in [2.24, 2.45) is 5.92 Å². The van der Waals surface area contributed by atoms with Gasteiger partial charge in [0, 0.05) is 0 Å². The number of hydrogen-bond donors (Lipinski definition) is 2. The molecule has 0 radical (unpaired) electrons. The van der Waals surface area contributed by atoms with Crippen molar-refractivity contribution in [2.75, 3.05) is 13.1 Å². The quantitative estimate of drug-likeness (QED) is 0.801. The molecule has 2 N–H and O–H groups in total. The van der Waals surface area contributed by atoms with Crippen molar-refractivity contribution in [1.29, 1.82) is 0 Å². The third-order valence-corrected chi connectivity index (χ3v) is 3.63. The number of hydrogen-bond acceptors (Lipinski definition) is 2. The zero-order chi connectivity index (χ0) is 11.5. The number of piperidine rings is 1. The monoisotopic (exact) mass is 219 g/mol. The van der Waals surface area contributed by atoms with Crippen LogP contribution in [0.5, 0.6) is 5.75 Å². The van der Waals surface area contributed by atoms with Gasteiger partial charge in [0.2, 0.25) is 0 Å². The largest absolute Gasteiger partial charge is 0.508 e. The fourth-order valence-corrected chi connectivity index (χ4v) is 2.67. The molecule has 2 nitrogen and oxygen atoms in total. The average Bonchev–Trinajstić information content (AvgIpc) is 2.25. The number of aromatic hydroxyl groups is 1. The number of benzene rings is 1. The molecular weight excluding hydrogens is 198 g/mol. The molecule has 1 saturated heterocycles. The Morgan fingerprint density at radius 1 is 1.19 bits per heavy atom. The Morgan fingerprint density at radius 3 is 2.31 bits per heavy atom. The maximum absolute atomic E-state index is 9.51. The standard InChI is InChI=1S/C14H21NO/c1-10-7-13(16)8-11(2)14(10)9-12-3-5-15-6-4-12/h7-8,12,15-16H,3-6,9H2,1-2H3. The lowest BCUT2D eigenvalue weighted by Gasteiger charge is -2.24. The first-order chi connectivity index (χ1) is 7.66. The molecule has 1 aliphatic rings. The highest BCUT2D eigenvalue weighted by molar-refractivity contribution is 5.40. The number of phenolic OH excluding ortho intramolecular Hbond substituents is 1. The fourth-order valence-electron chi connectivity index (χ4n) is 2.67. The first-order valence-corrected chi connectivity index (χ1v) is 6.16. The van der Waals surface area contributed by atoms with Gasteiger partial charge in [-0.3, -0.25) is 0 Å². The van der Waals surface area contributed by atoms with Crippen LogP contribution in [0.4, 0.5) is 0 Å². The molecule has 0 atom stereocenters. The molecule has 16 heavy (non-hydrogen) atoms. The van der Waals surface area contributed by atoms with Gasteiger partial charge in [0.1, 0.15) is 5.75 Å². The first-order valence-electron chi connectivity index (χ1n) is 6.16. The summed E-state index contributed by atoms with van der Waals surface area (Å²) >= 11 is 0. The minimum atomic E-state index is 0.393. The summed E-state index contributed by atoms with van der Waals surface area (Å²) in [6.45, 7) is 6.51. The van der Waals surface area contributed by atoms with Gasteiger partial charge in [0.15, 0.2) is 0 Å². The van der Waals surface area contributed by atoms with E-state index in [0.717, 1.165) is 19.0 Å². The highest BCUT2D eigenvalue weighted by Crippen LogP contribution is 2.26. The van der Waals surface area contributed by atoms with Crippen molar-refractivity contribution < 1.29 is 5.11 Å². The second-order valence-electron chi connectivity index (χ2n) is 4.96. The van der Waals surface area contributed by atoms with Crippen molar-refractivity contribution in [2.45, 2.75) is 33.1 Å². The zero-order valence-corrected chi connectivity index (χ0v) is 10.2. The van der Waals surface area contributed by atoms with E-state index in [1.165, 1.54) is 36.0 Å². The lowest BCUT2D eigenvalue weighted by atomic mass is 9.87. The minimum absolute atomic E-state index is 0.393. The number of phenols is 1. The van der Waals surface area contributed by atoms with Crippen LogP contribution in [-0.2, 0) is 6.42 Å². The topological polar surface area (TPSA) is 32.3 Å². The summed E-state index contributed by atoms with van der Waals surface area (Å²) in [5, 5.41) is 12.9.